The van der Waals surface area contributed by atoms with Gasteiger partial charge in [0.15, 0.2) is 11.5 Å². The molecule has 1 amide bonds. The highest BCUT2D eigenvalue weighted by Crippen LogP contribution is 2.52. The van der Waals surface area contributed by atoms with Gasteiger partial charge in [-0.05, 0) is 6.07 Å². The summed E-state index contributed by atoms with van der Waals surface area (Å²) in [4.78, 5) is 12.0. The normalized spacial score (nSPS) is 29.3. The van der Waals surface area contributed by atoms with Gasteiger partial charge in [0.25, 0.3) is 0 Å². The summed E-state index contributed by atoms with van der Waals surface area (Å²) in [6.45, 7) is 0. The van der Waals surface area contributed by atoms with Crippen LogP contribution in [-0.4, -0.2) is 37.4 Å². The number of amides is 1. The molecule has 0 fully saturated rings. The SMILES string of the molecule is CNC(=O)C[C@]12C=C[C@H](O)C[C@H]1Oc1c(OC)cccc12. The summed E-state index contributed by atoms with van der Waals surface area (Å²) in [6, 6.07) is 5.70. The third-order valence-corrected chi connectivity index (χ3v) is 4.34. The number of carbonyl (C=O) groups is 1. The van der Waals surface area contributed by atoms with E-state index in [0.717, 1.165) is 5.56 Å². The molecular formula is C16H19NO4. The molecule has 0 saturated heterocycles. The topological polar surface area (TPSA) is 67.8 Å². The fourth-order valence-electron chi connectivity index (χ4n) is 3.24. The van der Waals surface area contributed by atoms with Gasteiger partial charge in [-0.3, -0.25) is 4.79 Å². The van der Waals surface area contributed by atoms with Gasteiger partial charge in [0.1, 0.15) is 6.10 Å². The lowest BCUT2D eigenvalue weighted by Crippen LogP contribution is -2.44. The number of hydrogen-bond acceptors (Lipinski definition) is 4. The van der Waals surface area contributed by atoms with E-state index in [4.69, 9.17) is 9.47 Å². The number of rotatable bonds is 3. The third-order valence-electron chi connectivity index (χ3n) is 4.34. The van der Waals surface area contributed by atoms with Crippen molar-refractivity contribution in [3.05, 3.63) is 35.9 Å². The van der Waals surface area contributed by atoms with Crippen LogP contribution in [-0.2, 0) is 10.2 Å². The Bertz CT molecular complexity index is 598. The van der Waals surface area contributed by atoms with Gasteiger partial charge in [-0.15, -0.1) is 0 Å². The van der Waals surface area contributed by atoms with Crippen molar-refractivity contribution in [2.45, 2.75) is 30.5 Å². The van der Waals surface area contributed by atoms with Gasteiger partial charge in [0.2, 0.25) is 5.91 Å². The Hall–Kier alpha value is -2.01. The Balaban J connectivity index is 2.12. The summed E-state index contributed by atoms with van der Waals surface area (Å²) in [5.74, 6) is 1.27. The molecule has 1 aliphatic heterocycles. The number of carbonyl (C=O) groups excluding carboxylic acids is 1. The highest BCUT2D eigenvalue weighted by Gasteiger charge is 2.51. The minimum atomic E-state index is -0.548. The summed E-state index contributed by atoms with van der Waals surface area (Å²) in [6.07, 6.45) is 3.60. The van der Waals surface area contributed by atoms with E-state index < -0.39 is 11.5 Å². The summed E-state index contributed by atoms with van der Waals surface area (Å²) in [7, 11) is 3.22. The smallest absolute Gasteiger partial charge is 0.221 e. The van der Waals surface area contributed by atoms with Crippen LogP contribution in [0, 0.1) is 0 Å². The van der Waals surface area contributed by atoms with E-state index in [9.17, 15) is 9.90 Å². The van der Waals surface area contributed by atoms with Crippen LogP contribution in [0.25, 0.3) is 0 Å². The minimum absolute atomic E-state index is 0.0553. The van der Waals surface area contributed by atoms with Crippen molar-refractivity contribution in [1.82, 2.24) is 5.32 Å². The summed E-state index contributed by atoms with van der Waals surface area (Å²) in [5.41, 5.74) is 0.405. The van der Waals surface area contributed by atoms with E-state index >= 15 is 0 Å². The van der Waals surface area contributed by atoms with Gasteiger partial charge in [-0.2, -0.15) is 0 Å². The lowest BCUT2D eigenvalue weighted by molar-refractivity contribution is -0.122. The first-order valence-corrected chi connectivity index (χ1v) is 7.03. The van der Waals surface area contributed by atoms with Crippen molar-refractivity contribution in [1.29, 1.82) is 0 Å². The summed E-state index contributed by atoms with van der Waals surface area (Å²) >= 11 is 0. The number of hydrogen-bond donors (Lipinski definition) is 2. The number of nitrogens with one attached hydrogen (secondary N) is 1. The average Bonchev–Trinajstić information content (AvgIpc) is 2.80. The number of aliphatic hydroxyl groups excluding tert-OH is 1. The van der Waals surface area contributed by atoms with Crippen LogP contribution >= 0.6 is 0 Å². The zero-order valence-electron chi connectivity index (χ0n) is 12.1. The predicted molar refractivity (Wildman–Crippen MR) is 77.5 cm³/mol. The van der Waals surface area contributed by atoms with Crippen molar-refractivity contribution in [3.63, 3.8) is 0 Å². The van der Waals surface area contributed by atoms with Gasteiger partial charge in [0.05, 0.1) is 18.6 Å². The van der Waals surface area contributed by atoms with Crippen LogP contribution in [0.1, 0.15) is 18.4 Å². The van der Waals surface area contributed by atoms with E-state index in [0.29, 0.717) is 17.9 Å². The van der Waals surface area contributed by atoms with Crippen LogP contribution < -0.4 is 14.8 Å². The number of methoxy groups -OCH3 is 1. The van der Waals surface area contributed by atoms with Crippen molar-refractivity contribution >= 4 is 5.91 Å². The second-order valence-electron chi connectivity index (χ2n) is 5.50. The second-order valence-corrected chi connectivity index (χ2v) is 5.50. The van der Waals surface area contributed by atoms with Crippen LogP contribution in [0.15, 0.2) is 30.4 Å². The second kappa shape index (κ2) is 5.07. The van der Waals surface area contributed by atoms with E-state index in [1.165, 1.54) is 0 Å². The first-order valence-electron chi connectivity index (χ1n) is 7.03. The van der Waals surface area contributed by atoms with Crippen LogP contribution in [0.4, 0.5) is 0 Å². The largest absolute Gasteiger partial charge is 0.493 e. The predicted octanol–water partition coefficient (Wildman–Crippen LogP) is 1.15. The molecule has 0 aromatic heterocycles. The van der Waals surface area contributed by atoms with Crippen molar-refractivity contribution in [2.24, 2.45) is 0 Å². The highest BCUT2D eigenvalue weighted by atomic mass is 16.5. The van der Waals surface area contributed by atoms with E-state index in [-0.39, 0.29) is 18.4 Å². The van der Waals surface area contributed by atoms with Crippen molar-refractivity contribution in [3.8, 4) is 11.5 Å². The molecule has 3 atom stereocenters. The van der Waals surface area contributed by atoms with Gasteiger partial charge >= 0.3 is 0 Å². The first kappa shape index (κ1) is 13.9. The van der Waals surface area contributed by atoms with Gasteiger partial charge in [-0.25, -0.2) is 0 Å². The fourth-order valence-corrected chi connectivity index (χ4v) is 3.24. The Morgan fingerprint density at radius 3 is 3.10 bits per heavy atom. The molecule has 2 aliphatic rings. The molecule has 5 heteroatoms. The highest BCUT2D eigenvalue weighted by molar-refractivity contribution is 5.79. The fraction of sp³-hybridized carbons (Fsp3) is 0.438. The molecule has 0 bridgehead atoms. The maximum Gasteiger partial charge on any atom is 0.221 e. The Morgan fingerprint density at radius 1 is 1.57 bits per heavy atom. The quantitative estimate of drug-likeness (QED) is 0.819. The number of para-hydroxylation sites is 1. The Morgan fingerprint density at radius 2 is 2.38 bits per heavy atom. The molecule has 0 saturated carbocycles. The molecular weight excluding hydrogens is 270 g/mol. The van der Waals surface area contributed by atoms with Gasteiger partial charge < -0.3 is 19.9 Å². The molecule has 0 spiro atoms. The molecule has 5 nitrogen and oxygen atoms in total. The lowest BCUT2D eigenvalue weighted by Gasteiger charge is -2.35. The Labute approximate surface area is 123 Å². The van der Waals surface area contributed by atoms with Crippen LogP contribution in [0.2, 0.25) is 0 Å². The monoisotopic (exact) mass is 289 g/mol. The molecule has 2 N–H and O–H groups in total. The standard InChI is InChI=1S/C16H19NO4/c1-17-14(19)9-16-7-6-10(18)8-13(16)21-15-11(16)4-3-5-12(15)20-2/h3-7,10,13,18H,8-9H2,1-2H3,(H,17,19)/t10-,13+,16-/m0/s1. The van der Waals surface area contributed by atoms with Crippen LogP contribution in [0.5, 0.6) is 11.5 Å². The molecule has 21 heavy (non-hydrogen) atoms. The number of ether oxygens (including phenoxy) is 2. The molecule has 1 heterocycles. The van der Waals surface area contributed by atoms with E-state index in [2.05, 4.69) is 5.32 Å². The zero-order chi connectivity index (χ0) is 15.0. The Kier molecular flexibility index (Phi) is 3.37. The number of aliphatic hydroxyl groups is 1. The van der Waals surface area contributed by atoms with Gasteiger partial charge in [0, 0.05) is 25.5 Å². The molecule has 1 aromatic carbocycles. The van der Waals surface area contributed by atoms with E-state index in [1.807, 2.05) is 24.3 Å². The summed E-state index contributed by atoms with van der Waals surface area (Å²) < 4.78 is 11.4. The lowest BCUT2D eigenvalue weighted by atomic mass is 9.69. The minimum Gasteiger partial charge on any atom is -0.493 e. The first-order chi connectivity index (χ1) is 10.1. The summed E-state index contributed by atoms with van der Waals surface area (Å²) in [5, 5.41) is 12.5. The molecule has 1 aromatic rings. The van der Waals surface area contributed by atoms with Gasteiger partial charge in [-0.1, -0.05) is 24.3 Å². The number of fused-ring (bicyclic) bond motifs is 3. The molecule has 112 valence electrons. The maximum absolute atomic E-state index is 12.0. The zero-order valence-corrected chi connectivity index (χ0v) is 12.1. The third kappa shape index (κ3) is 2.08. The average molecular weight is 289 g/mol. The number of benzene rings is 1. The van der Waals surface area contributed by atoms with Crippen LogP contribution in [0.3, 0.4) is 0 Å². The molecule has 0 radical (unpaired) electrons. The maximum atomic E-state index is 12.0. The molecule has 1 aliphatic carbocycles. The molecule has 0 unspecified atom stereocenters. The van der Waals surface area contributed by atoms with Crippen molar-refractivity contribution < 1.29 is 19.4 Å². The molecule has 3 rings (SSSR count). The van der Waals surface area contributed by atoms with E-state index in [1.54, 1.807) is 20.2 Å². The van der Waals surface area contributed by atoms with Crippen molar-refractivity contribution in [2.75, 3.05) is 14.2 Å².